The number of nitrogens with zero attached hydrogens (tertiary/aromatic N) is 3. The smallest absolute Gasteiger partial charge is 0.223 e. The van der Waals surface area contributed by atoms with Crippen LogP contribution in [0.4, 0.5) is 0 Å². The summed E-state index contributed by atoms with van der Waals surface area (Å²) >= 11 is 5.70. The Morgan fingerprint density at radius 1 is 1.48 bits per heavy atom. The molecule has 0 saturated carbocycles. The normalized spacial score (nSPS) is 18.2. The lowest BCUT2D eigenvalue weighted by molar-refractivity contribution is -0.139. The molecule has 0 bridgehead atoms. The van der Waals surface area contributed by atoms with Crippen LogP contribution in [0.15, 0.2) is 28.9 Å². The maximum Gasteiger partial charge on any atom is 0.223 e. The average Bonchev–Trinajstić information content (AvgIpc) is 2.98. The van der Waals surface area contributed by atoms with E-state index in [4.69, 9.17) is 20.9 Å². The van der Waals surface area contributed by atoms with Crippen molar-refractivity contribution in [3.05, 3.63) is 46.6 Å². The van der Waals surface area contributed by atoms with Gasteiger partial charge in [0.1, 0.15) is 11.9 Å². The summed E-state index contributed by atoms with van der Waals surface area (Å²) < 4.78 is 10.8. The molecule has 0 radical (unpaired) electrons. The van der Waals surface area contributed by atoms with E-state index < -0.39 is 0 Å². The zero-order valence-electron chi connectivity index (χ0n) is 12.9. The summed E-state index contributed by atoms with van der Waals surface area (Å²) in [5.41, 5.74) is 1.99. The predicted octanol–water partition coefficient (Wildman–Crippen LogP) is 2.56. The quantitative estimate of drug-likeness (QED) is 0.859. The fraction of sp³-hybridized carbons (Fsp3) is 0.438. The highest BCUT2D eigenvalue weighted by Crippen LogP contribution is 2.23. The van der Waals surface area contributed by atoms with E-state index >= 15 is 0 Å². The van der Waals surface area contributed by atoms with Crippen LogP contribution in [0.2, 0.25) is 5.15 Å². The second kappa shape index (κ2) is 7.10. The Bertz CT molecular complexity index is 689. The van der Waals surface area contributed by atoms with Gasteiger partial charge in [-0.2, -0.15) is 0 Å². The number of carbonyl (C=O) groups excluding carboxylic acids is 1. The van der Waals surface area contributed by atoms with E-state index in [1.165, 1.54) is 0 Å². The summed E-state index contributed by atoms with van der Waals surface area (Å²) in [5.74, 6) is 0.703. The number of morpholine rings is 1. The molecule has 1 fully saturated rings. The van der Waals surface area contributed by atoms with Gasteiger partial charge in [-0.25, -0.2) is 0 Å². The van der Waals surface area contributed by atoms with Gasteiger partial charge in [-0.15, -0.1) is 0 Å². The topological polar surface area (TPSA) is 68.5 Å². The van der Waals surface area contributed by atoms with Crippen molar-refractivity contribution in [1.82, 2.24) is 15.0 Å². The van der Waals surface area contributed by atoms with Crippen LogP contribution in [0, 0.1) is 6.92 Å². The number of halogens is 1. The summed E-state index contributed by atoms with van der Waals surface area (Å²) in [6.07, 6.45) is 2.53. The van der Waals surface area contributed by atoms with Crippen molar-refractivity contribution in [1.29, 1.82) is 0 Å². The molecule has 3 rings (SSSR count). The van der Waals surface area contributed by atoms with E-state index in [1.54, 1.807) is 12.3 Å². The lowest BCUT2D eigenvalue weighted by Gasteiger charge is -2.33. The summed E-state index contributed by atoms with van der Waals surface area (Å²) in [6.45, 7) is 3.64. The molecule has 1 unspecified atom stereocenters. The largest absolute Gasteiger partial charge is 0.370 e. The molecule has 23 heavy (non-hydrogen) atoms. The van der Waals surface area contributed by atoms with Crippen LogP contribution in [0.5, 0.6) is 0 Å². The Kier molecular flexibility index (Phi) is 4.93. The van der Waals surface area contributed by atoms with Gasteiger partial charge in [-0.05, 0) is 24.6 Å². The first-order valence-electron chi connectivity index (χ1n) is 7.55. The number of ether oxygens (including phenoxy) is 1. The summed E-state index contributed by atoms with van der Waals surface area (Å²) in [4.78, 5) is 18.4. The average molecular weight is 336 g/mol. The van der Waals surface area contributed by atoms with Gasteiger partial charge in [0.05, 0.1) is 13.2 Å². The highest BCUT2D eigenvalue weighted by atomic mass is 35.5. The molecule has 1 aliphatic rings. The maximum absolute atomic E-state index is 12.4. The van der Waals surface area contributed by atoms with Gasteiger partial charge in [0.25, 0.3) is 0 Å². The highest BCUT2D eigenvalue weighted by molar-refractivity contribution is 6.29. The highest BCUT2D eigenvalue weighted by Gasteiger charge is 2.25. The molecular weight excluding hydrogens is 318 g/mol. The Labute approximate surface area is 139 Å². The van der Waals surface area contributed by atoms with Gasteiger partial charge in [0.2, 0.25) is 5.91 Å². The van der Waals surface area contributed by atoms with Gasteiger partial charge < -0.3 is 14.2 Å². The summed E-state index contributed by atoms with van der Waals surface area (Å²) in [5, 5.41) is 3.92. The Morgan fingerprint density at radius 3 is 3.09 bits per heavy atom. The number of hydrogen-bond donors (Lipinski definition) is 0. The number of amides is 1. The third kappa shape index (κ3) is 4.09. The minimum Gasteiger partial charge on any atom is -0.370 e. The van der Waals surface area contributed by atoms with E-state index in [1.807, 2.05) is 24.0 Å². The second-order valence-corrected chi connectivity index (χ2v) is 5.93. The summed E-state index contributed by atoms with van der Waals surface area (Å²) in [7, 11) is 0. The van der Waals surface area contributed by atoms with E-state index in [2.05, 4.69) is 10.1 Å². The maximum atomic E-state index is 12.4. The van der Waals surface area contributed by atoms with E-state index in [0.29, 0.717) is 43.5 Å². The van der Waals surface area contributed by atoms with Crippen LogP contribution in [0.25, 0.3) is 0 Å². The van der Waals surface area contributed by atoms with Crippen molar-refractivity contribution >= 4 is 17.5 Å². The van der Waals surface area contributed by atoms with Crippen molar-refractivity contribution in [2.75, 3.05) is 19.7 Å². The van der Waals surface area contributed by atoms with Crippen molar-refractivity contribution in [2.24, 2.45) is 0 Å². The van der Waals surface area contributed by atoms with Crippen molar-refractivity contribution in [3.8, 4) is 0 Å². The minimum atomic E-state index is -0.103. The Hall–Kier alpha value is -1.92. The molecule has 2 aromatic heterocycles. The zero-order valence-corrected chi connectivity index (χ0v) is 13.6. The standard InChI is InChI=1S/C16H18ClN3O3/c1-11-8-12(4-5-18-11)14-10-20(6-7-22-14)16(21)3-2-13-9-15(17)19-23-13/h4-5,8-9,14H,2-3,6-7,10H2,1H3. The molecule has 122 valence electrons. The van der Waals surface area contributed by atoms with Crippen LogP contribution < -0.4 is 0 Å². The van der Waals surface area contributed by atoms with E-state index in [-0.39, 0.29) is 12.0 Å². The van der Waals surface area contributed by atoms with Crippen LogP contribution in [0.3, 0.4) is 0 Å². The molecule has 0 spiro atoms. The van der Waals surface area contributed by atoms with Gasteiger partial charge in [-0.3, -0.25) is 9.78 Å². The molecule has 1 atom stereocenters. The number of carbonyl (C=O) groups is 1. The molecule has 3 heterocycles. The molecule has 6 nitrogen and oxygen atoms in total. The molecular formula is C16H18ClN3O3. The Morgan fingerprint density at radius 2 is 2.35 bits per heavy atom. The predicted molar refractivity (Wildman–Crippen MR) is 84.1 cm³/mol. The number of rotatable bonds is 4. The van der Waals surface area contributed by atoms with E-state index in [0.717, 1.165) is 11.3 Å². The van der Waals surface area contributed by atoms with Gasteiger partial charge in [0.15, 0.2) is 5.15 Å². The molecule has 0 N–H and O–H groups in total. The van der Waals surface area contributed by atoms with Crippen molar-refractivity contribution in [2.45, 2.75) is 25.9 Å². The summed E-state index contributed by atoms with van der Waals surface area (Å²) in [6, 6.07) is 5.56. The number of hydrogen-bond acceptors (Lipinski definition) is 5. The van der Waals surface area contributed by atoms with Gasteiger partial charge in [0, 0.05) is 37.3 Å². The molecule has 0 aromatic carbocycles. The molecule has 0 aliphatic carbocycles. The SMILES string of the molecule is Cc1cc(C2CN(C(=O)CCc3cc(Cl)no3)CCO2)ccn1. The monoisotopic (exact) mass is 335 g/mol. The van der Waals surface area contributed by atoms with Crippen LogP contribution >= 0.6 is 11.6 Å². The third-order valence-corrected chi connectivity index (χ3v) is 4.01. The van der Waals surface area contributed by atoms with Gasteiger partial charge >= 0.3 is 0 Å². The third-order valence-electron chi connectivity index (χ3n) is 3.83. The molecule has 7 heteroatoms. The number of aromatic nitrogens is 2. The zero-order chi connectivity index (χ0) is 16.2. The molecule has 1 amide bonds. The van der Waals surface area contributed by atoms with Crippen molar-refractivity contribution < 1.29 is 14.1 Å². The molecule has 1 saturated heterocycles. The number of aryl methyl sites for hydroxylation is 2. The number of pyridine rings is 1. The lowest BCUT2D eigenvalue weighted by Crippen LogP contribution is -2.42. The van der Waals surface area contributed by atoms with Gasteiger partial charge in [-0.1, -0.05) is 16.8 Å². The fourth-order valence-electron chi connectivity index (χ4n) is 2.64. The second-order valence-electron chi connectivity index (χ2n) is 5.55. The molecule has 2 aromatic rings. The Balaban J connectivity index is 1.58. The first-order chi connectivity index (χ1) is 11.1. The minimum absolute atomic E-state index is 0.0802. The first kappa shape index (κ1) is 16.0. The van der Waals surface area contributed by atoms with Crippen LogP contribution in [0.1, 0.15) is 29.5 Å². The lowest BCUT2D eigenvalue weighted by atomic mass is 10.1. The van der Waals surface area contributed by atoms with E-state index in [9.17, 15) is 4.79 Å². The van der Waals surface area contributed by atoms with Crippen LogP contribution in [-0.4, -0.2) is 40.6 Å². The van der Waals surface area contributed by atoms with Crippen molar-refractivity contribution in [3.63, 3.8) is 0 Å². The fourth-order valence-corrected chi connectivity index (χ4v) is 2.80. The molecule has 1 aliphatic heterocycles. The van der Waals surface area contributed by atoms with Crippen LogP contribution in [-0.2, 0) is 16.0 Å². The first-order valence-corrected chi connectivity index (χ1v) is 7.92.